The van der Waals surface area contributed by atoms with Crippen LogP contribution >= 0.6 is 0 Å². The number of fused-ring (bicyclic) bond motifs is 1. The first-order valence-corrected chi connectivity index (χ1v) is 12.8. The molecule has 1 amide bonds. The molecule has 1 saturated heterocycles. The number of hydrogen-bond donors (Lipinski definition) is 3. The molecule has 0 unspecified atom stereocenters. The normalized spacial score (nSPS) is 15.2. The summed E-state index contributed by atoms with van der Waals surface area (Å²) in [5.41, 5.74) is 4.50. The van der Waals surface area contributed by atoms with Gasteiger partial charge in [-0.05, 0) is 53.1 Å². The smallest absolute Gasteiger partial charge is 0.252 e. The number of carbonyl (C=O) groups excluding carboxylic acids is 1. The molecule has 38 heavy (non-hydrogen) atoms. The van der Waals surface area contributed by atoms with Gasteiger partial charge < -0.3 is 16.0 Å². The van der Waals surface area contributed by atoms with E-state index in [1.54, 1.807) is 27.8 Å². The fraction of sp³-hybridized carbons (Fsp3) is 0.462. The standard InChI is InChI=1S/C26H35N11O/c1-16-20(12-18(13-28-16)24(38)27-9-11-37-10-7-8-26(37,3)4)30-22-19-14-29-25(32-23(19)36(6)34-22)31-21-15-35(5)33-17(21)2/h12-15H,7-11H2,1-6H3,(H,27,38)(H,30,34)(H,29,31,32). The van der Waals surface area contributed by atoms with Crippen LogP contribution in [0.15, 0.2) is 24.7 Å². The van der Waals surface area contributed by atoms with E-state index in [9.17, 15) is 4.79 Å². The van der Waals surface area contributed by atoms with Crippen molar-refractivity contribution in [2.45, 2.75) is 46.1 Å². The molecular weight excluding hydrogens is 482 g/mol. The van der Waals surface area contributed by atoms with Crippen LogP contribution in [0.5, 0.6) is 0 Å². The van der Waals surface area contributed by atoms with Gasteiger partial charge in [0.15, 0.2) is 11.5 Å². The van der Waals surface area contributed by atoms with Crippen molar-refractivity contribution in [3.8, 4) is 0 Å². The average Bonchev–Trinajstić information content (AvgIpc) is 3.48. The molecule has 12 heteroatoms. The summed E-state index contributed by atoms with van der Waals surface area (Å²) in [5.74, 6) is 0.899. The topological polar surface area (TPSA) is 131 Å². The molecule has 0 saturated carbocycles. The van der Waals surface area contributed by atoms with E-state index in [4.69, 9.17) is 0 Å². The second-order valence-electron chi connectivity index (χ2n) is 10.5. The minimum atomic E-state index is -0.145. The maximum absolute atomic E-state index is 12.9. The Labute approximate surface area is 221 Å². The van der Waals surface area contributed by atoms with Crippen LogP contribution in [0.2, 0.25) is 0 Å². The second kappa shape index (κ2) is 10.0. The third-order valence-electron chi connectivity index (χ3n) is 7.18. The number of carbonyl (C=O) groups is 1. The number of anilines is 4. The Kier molecular flexibility index (Phi) is 6.74. The largest absolute Gasteiger partial charge is 0.351 e. The highest BCUT2D eigenvalue weighted by atomic mass is 16.1. The van der Waals surface area contributed by atoms with Crippen LogP contribution < -0.4 is 16.0 Å². The lowest BCUT2D eigenvalue weighted by atomic mass is 10.0. The van der Waals surface area contributed by atoms with Crippen molar-refractivity contribution < 1.29 is 4.79 Å². The van der Waals surface area contributed by atoms with E-state index in [1.165, 1.54) is 12.8 Å². The number of hydrogen-bond acceptors (Lipinski definition) is 9. The fourth-order valence-electron chi connectivity index (χ4n) is 4.93. The molecule has 1 aliphatic heterocycles. The van der Waals surface area contributed by atoms with Crippen molar-refractivity contribution in [2.75, 3.05) is 30.3 Å². The zero-order valence-corrected chi connectivity index (χ0v) is 22.8. The third-order valence-corrected chi connectivity index (χ3v) is 7.18. The van der Waals surface area contributed by atoms with Crippen molar-refractivity contribution in [2.24, 2.45) is 14.1 Å². The molecule has 1 aliphatic rings. The van der Waals surface area contributed by atoms with E-state index in [-0.39, 0.29) is 11.4 Å². The molecule has 0 aliphatic carbocycles. The number of likely N-dealkylation sites (tertiary alicyclic amines) is 1. The van der Waals surface area contributed by atoms with Gasteiger partial charge in [-0.1, -0.05) is 0 Å². The van der Waals surface area contributed by atoms with Gasteiger partial charge in [0.05, 0.1) is 33.7 Å². The van der Waals surface area contributed by atoms with Gasteiger partial charge in [-0.25, -0.2) is 9.67 Å². The summed E-state index contributed by atoms with van der Waals surface area (Å²) in [6, 6.07) is 1.81. The van der Waals surface area contributed by atoms with Crippen molar-refractivity contribution in [3.63, 3.8) is 0 Å². The van der Waals surface area contributed by atoms with E-state index in [1.807, 2.05) is 34.1 Å². The lowest BCUT2D eigenvalue weighted by Gasteiger charge is -2.31. The van der Waals surface area contributed by atoms with Crippen LogP contribution in [0.4, 0.5) is 23.1 Å². The van der Waals surface area contributed by atoms with Crippen molar-refractivity contribution in [3.05, 3.63) is 41.6 Å². The molecule has 3 N–H and O–H groups in total. The molecule has 0 atom stereocenters. The second-order valence-corrected chi connectivity index (χ2v) is 10.5. The van der Waals surface area contributed by atoms with Gasteiger partial charge >= 0.3 is 0 Å². The molecule has 200 valence electrons. The Morgan fingerprint density at radius 1 is 1.05 bits per heavy atom. The molecule has 0 aromatic carbocycles. The van der Waals surface area contributed by atoms with Crippen LogP contribution in [0, 0.1) is 13.8 Å². The summed E-state index contributed by atoms with van der Waals surface area (Å²) in [6.45, 7) is 10.8. The molecule has 4 aromatic rings. The van der Waals surface area contributed by atoms with Gasteiger partial charge in [0, 0.05) is 51.3 Å². The van der Waals surface area contributed by atoms with Crippen LogP contribution in [-0.2, 0) is 14.1 Å². The number of nitrogens with zero attached hydrogens (tertiary/aromatic N) is 8. The maximum atomic E-state index is 12.9. The highest BCUT2D eigenvalue weighted by Gasteiger charge is 2.31. The molecular formula is C26H35N11O. The van der Waals surface area contributed by atoms with Gasteiger partial charge in [-0.2, -0.15) is 15.2 Å². The van der Waals surface area contributed by atoms with E-state index < -0.39 is 0 Å². The highest BCUT2D eigenvalue weighted by molar-refractivity contribution is 5.96. The van der Waals surface area contributed by atoms with Crippen molar-refractivity contribution in [1.29, 1.82) is 0 Å². The van der Waals surface area contributed by atoms with Crippen LogP contribution in [-0.4, -0.2) is 70.5 Å². The van der Waals surface area contributed by atoms with E-state index in [0.717, 1.165) is 35.6 Å². The van der Waals surface area contributed by atoms with Crippen molar-refractivity contribution in [1.82, 2.24) is 44.7 Å². The first-order valence-electron chi connectivity index (χ1n) is 12.8. The number of amides is 1. The number of rotatable bonds is 8. The minimum Gasteiger partial charge on any atom is -0.351 e. The highest BCUT2D eigenvalue weighted by Crippen LogP contribution is 2.28. The Balaban J connectivity index is 1.30. The first-order chi connectivity index (χ1) is 18.1. The number of nitrogens with one attached hydrogen (secondary N) is 3. The predicted octanol–water partition coefficient (Wildman–Crippen LogP) is 3.20. The molecule has 0 spiro atoms. The lowest BCUT2D eigenvalue weighted by molar-refractivity contribution is 0.0940. The minimum absolute atomic E-state index is 0.145. The van der Waals surface area contributed by atoms with Crippen molar-refractivity contribution >= 4 is 40.1 Å². The summed E-state index contributed by atoms with van der Waals surface area (Å²) < 4.78 is 3.43. The van der Waals surface area contributed by atoms with E-state index >= 15 is 0 Å². The molecule has 1 fully saturated rings. The summed E-state index contributed by atoms with van der Waals surface area (Å²) in [5, 5.41) is 19.3. The lowest BCUT2D eigenvalue weighted by Crippen LogP contribution is -2.43. The third kappa shape index (κ3) is 5.17. The van der Waals surface area contributed by atoms with E-state index in [0.29, 0.717) is 35.2 Å². The van der Waals surface area contributed by atoms with Gasteiger partial charge in [0.1, 0.15) is 0 Å². The quantitative estimate of drug-likeness (QED) is 0.322. The fourth-order valence-corrected chi connectivity index (χ4v) is 4.93. The zero-order valence-electron chi connectivity index (χ0n) is 22.8. The van der Waals surface area contributed by atoms with Crippen LogP contribution in [0.1, 0.15) is 48.4 Å². The zero-order chi connectivity index (χ0) is 27.0. The summed E-state index contributed by atoms with van der Waals surface area (Å²) in [7, 11) is 3.70. The predicted molar refractivity (Wildman–Crippen MR) is 147 cm³/mol. The molecule has 12 nitrogen and oxygen atoms in total. The molecule has 5 rings (SSSR count). The first kappa shape index (κ1) is 25.6. The number of pyridine rings is 1. The molecule has 0 radical (unpaired) electrons. The summed E-state index contributed by atoms with van der Waals surface area (Å²) in [6.07, 6.45) is 7.60. The van der Waals surface area contributed by atoms with Gasteiger partial charge in [0.2, 0.25) is 5.95 Å². The van der Waals surface area contributed by atoms with Gasteiger partial charge in [-0.15, -0.1) is 0 Å². The van der Waals surface area contributed by atoms with Crippen LogP contribution in [0.25, 0.3) is 11.0 Å². The van der Waals surface area contributed by atoms with Gasteiger partial charge in [0.25, 0.3) is 5.91 Å². The molecule has 4 aromatic heterocycles. The van der Waals surface area contributed by atoms with E-state index in [2.05, 4.69) is 59.8 Å². The summed E-state index contributed by atoms with van der Waals surface area (Å²) in [4.78, 5) is 28.9. The maximum Gasteiger partial charge on any atom is 0.252 e. The number of aryl methyl sites for hydroxylation is 4. The average molecular weight is 518 g/mol. The monoisotopic (exact) mass is 517 g/mol. The molecule has 0 bridgehead atoms. The number of aromatic nitrogens is 7. The Morgan fingerprint density at radius 3 is 2.58 bits per heavy atom. The SMILES string of the molecule is Cc1nn(C)cc1Nc1ncc2c(Nc3cc(C(=O)NCCN4CCCC4(C)C)cnc3C)nn(C)c2n1. The van der Waals surface area contributed by atoms with Gasteiger partial charge in [-0.3, -0.25) is 19.4 Å². The Morgan fingerprint density at radius 2 is 1.87 bits per heavy atom. The summed E-state index contributed by atoms with van der Waals surface area (Å²) >= 11 is 0. The Bertz CT molecular complexity index is 1490. The van der Waals surface area contributed by atoms with Crippen LogP contribution in [0.3, 0.4) is 0 Å². The molecule has 5 heterocycles. The Hall–Kier alpha value is -4.06.